The minimum atomic E-state index is 0.329. The molecule has 5 heteroatoms. The predicted molar refractivity (Wildman–Crippen MR) is 59.3 cm³/mol. The largest absolute Gasteiger partial charge is 0.368 e. The van der Waals surface area contributed by atoms with Crippen LogP contribution in [0.4, 0.5) is 11.6 Å². The van der Waals surface area contributed by atoms with Gasteiger partial charge in [-0.05, 0) is 20.8 Å². The molecule has 74 valence electrons. The summed E-state index contributed by atoms with van der Waals surface area (Å²) in [5.41, 5.74) is 8.42. The van der Waals surface area contributed by atoms with Crippen molar-refractivity contribution in [2.24, 2.45) is 4.99 Å². The lowest BCUT2D eigenvalue weighted by molar-refractivity contribution is 1.00. The zero-order valence-corrected chi connectivity index (χ0v) is 9.22. The molecule has 1 aliphatic rings. The molecule has 14 heavy (non-hydrogen) atoms. The van der Waals surface area contributed by atoms with Gasteiger partial charge in [-0.1, -0.05) is 11.8 Å². The number of thioether (sulfide) groups is 1. The van der Waals surface area contributed by atoms with E-state index in [2.05, 4.69) is 21.9 Å². The summed E-state index contributed by atoms with van der Waals surface area (Å²) in [7, 11) is 0. The van der Waals surface area contributed by atoms with Crippen LogP contribution in [0.1, 0.15) is 19.5 Å². The van der Waals surface area contributed by atoms with E-state index in [4.69, 9.17) is 5.73 Å². The Balaban J connectivity index is 2.59. The monoisotopic (exact) mass is 208 g/mol. The number of fused-ring (bicyclic) bond motifs is 1. The Morgan fingerprint density at radius 3 is 2.71 bits per heavy atom. The fourth-order valence-electron chi connectivity index (χ4n) is 1.29. The molecule has 0 radical (unpaired) electrons. The highest BCUT2D eigenvalue weighted by Crippen LogP contribution is 2.37. The molecular formula is C9H12N4S. The lowest BCUT2D eigenvalue weighted by atomic mass is 10.3. The maximum Gasteiger partial charge on any atom is 0.221 e. The van der Waals surface area contributed by atoms with Gasteiger partial charge >= 0.3 is 0 Å². The maximum absolute atomic E-state index is 5.58. The second kappa shape index (κ2) is 3.24. The Kier molecular flexibility index (Phi) is 2.19. The van der Waals surface area contributed by atoms with E-state index in [0.29, 0.717) is 11.2 Å². The van der Waals surface area contributed by atoms with Gasteiger partial charge in [0.15, 0.2) is 0 Å². The third kappa shape index (κ3) is 1.48. The molecule has 1 atom stereocenters. The van der Waals surface area contributed by atoms with Crippen LogP contribution in [0.3, 0.4) is 0 Å². The fraction of sp³-hybridized carbons (Fsp3) is 0.444. The summed E-state index contributed by atoms with van der Waals surface area (Å²) in [6.45, 7) is 6.04. The zero-order valence-electron chi connectivity index (χ0n) is 8.40. The summed E-state index contributed by atoms with van der Waals surface area (Å²) in [6.07, 6.45) is 0. The van der Waals surface area contributed by atoms with Gasteiger partial charge in [0.1, 0.15) is 10.7 Å². The van der Waals surface area contributed by atoms with E-state index in [1.807, 2.05) is 13.8 Å². The van der Waals surface area contributed by atoms with E-state index in [-0.39, 0.29) is 0 Å². The number of nitrogens with zero attached hydrogens (tertiary/aromatic N) is 3. The molecule has 2 rings (SSSR count). The van der Waals surface area contributed by atoms with Gasteiger partial charge in [0.2, 0.25) is 5.95 Å². The van der Waals surface area contributed by atoms with Crippen molar-refractivity contribution >= 4 is 29.1 Å². The van der Waals surface area contributed by atoms with Crippen molar-refractivity contribution in [2.75, 3.05) is 5.73 Å². The number of aromatic nitrogens is 2. The first-order valence-corrected chi connectivity index (χ1v) is 5.32. The van der Waals surface area contributed by atoms with E-state index in [1.54, 1.807) is 11.8 Å². The van der Waals surface area contributed by atoms with Crippen LogP contribution in [0.15, 0.2) is 10.0 Å². The summed E-state index contributed by atoms with van der Waals surface area (Å²) in [6, 6.07) is 0. The quantitative estimate of drug-likeness (QED) is 0.662. The Bertz CT molecular complexity index is 414. The standard InChI is InChI=1S/C9H12N4S/c1-4-6(3)14-8-7(11-4)5(2)12-9(10)13-8/h6H,1-3H3,(H2,10,12,13). The molecule has 4 nitrogen and oxygen atoms in total. The van der Waals surface area contributed by atoms with Crippen molar-refractivity contribution in [3.8, 4) is 0 Å². The van der Waals surface area contributed by atoms with E-state index < -0.39 is 0 Å². The summed E-state index contributed by atoms with van der Waals surface area (Å²) in [5.74, 6) is 0.329. The van der Waals surface area contributed by atoms with Gasteiger partial charge in [-0.2, -0.15) is 0 Å². The van der Waals surface area contributed by atoms with Crippen molar-refractivity contribution in [1.82, 2.24) is 9.97 Å². The molecule has 0 saturated carbocycles. The second-order valence-electron chi connectivity index (χ2n) is 3.33. The minimum absolute atomic E-state index is 0.329. The molecule has 0 aromatic carbocycles. The van der Waals surface area contributed by atoms with Gasteiger partial charge in [0.25, 0.3) is 0 Å². The first-order valence-electron chi connectivity index (χ1n) is 4.44. The molecule has 0 bridgehead atoms. The molecule has 1 unspecified atom stereocenters. The number of aryl methyl sites for hydroxylation is 1. The first kappa shape index (κ1) is 9.45. The van der Waals surface area contributed by atoms with Crippen LogP contribution in [-0.2, 0) is 0 Å². The lowest BCUT2D eigenvalue weighted by Crippen LogP contribution is -2.14. The molecule has 2 heterocycles. The van der Waals surface area contributed by atoms with Crippen LogP contribution >= 0.6 is 11.8 Å². The molecule has 0 fully saturated rings. The number of rotatable bonds is 0. The Morgan fingerprint density at radius 1 is 1.29 bits per heavy atom. The van der Waals surface area contributed by atoms with Crippen LogP contribution in [0.25, 0.3) is 0 Å². The average molecular weight is 208 g/mol. The number of hydrogen-bond acceptors (Lipinski definition) is 5. The maximum atomic E-state index is 5.58. The van der Waals surface area contributed by atoms with Crippen molar-refractivity contribution < 1.29 is 0 Å². The van der Waals surface area contributed by atoms with E-state index in [0.717, 1.165) is 22.1 Å². The molecule has 1 aliphatic heterocycles. The van der Waals surface area contributed by atoms with Crippen molar-refractivity contribution in [1.29, 1.82) is 0 Å². The van der Waals surface area contributed by atoms with Gasteiger partial charge in [-0.15, -0.1) is 0 Å². The molecule has 2 N–H and O–H groups in total. The van der Waals surface area contributed by atoms with Gasteiger partial charge in [0, 0.05) is 11.0 Å². The van der Waals surface area contributed by atoms with Crippen LogP contribution < -0.4 is 5.73 Å². The van der Waals surface area contributed by atoms with Crippen molar-refractivity contribution in [3.05, 3.63) is 5.69 Å². The number of nitrogens with two attached hydrogens (primary N) is 1. The van der Waals surface area contributed by atoms with Crippen LogP contribution in [-0.4, -0.2) is 20.9 Å². The number of aliphatic imine (C=N–C) groups is 1. The summed E-state index contributed by atoms with van der Waals surface area (Å²) >= 11 is 1.69. The number of anilines is 1. The van der Waals surface area contributed by atoms with E-state index in [9.17, 15) is 0 Å². The molecular weight excluding hydrogens is 196 g/mol. The van der Waals surface area contributed by atoms with Gasteiger partial charge in [-0.25, -0.2) is 9.97 Å². The summed E-state index contributed by atoms with van der Waals surface area (Å²) < 4.78 is 0. The predicted octanol–water partition coefficient (Wildman–Crippen LogP) is 1.95. The minimum Gasteiger partial charge on any atom is -0.368 e. The topological polar surface area (TPSA) is 64.2 Å². The highest BCUT2D eigenvalue weighted by molar-refractivity contribution is 8.00. The van der Waals surface area contributed by atoms with Crippen LogP contribution in [0.5, 0.6) is 0 Å². The smallest absolute Gasteiger partial charge is 0.221 e. The first-order chi connectivity index (χ1) is 6.58. The second-order valence-corrected chi connectivity index (χ2v) is 4.66. The fourth-order valence-corrected chi connectivity index (χ4v) is 2.30. The third-order valence-electron chi connectivity index (χ3n) is 2.21. The molecule has 0 amide bonds. The number of hydrogen-bond donors (Lipinski definition) is 1. The molecule has 0 aliphatic carbocycles. The average Bonchev–Trinajstić information content (AvgIpc) is 2.08. The SMILES string of the molecule is CC1=Nc2c(C)nc(N)nc2SC1C. The van der Waals surface area contributed by atoms with E-state index >= 15 is 0 Å². The zero-order chi connectivity index (χ0) is 10.3. The molecule has 0 saturated heterocycles. The molecule has 0 spiro atoms. The molecule has 1 aromatic heterocycles. The lowest BCUT2D eigenvalue weighted by Gasteiger charge is -2.18. The Morgan fingerprint density at radius 2 is 2.00 bits per heavy atom. The summed E-state index contributed by atoms with van der Waals surface area (Å²) in [5, 5.41) is 1.27. The van der Waals surface area contributed by atoms with E-state index in [1.165, 1.54) is 0 Å². The van der Waals surface area contributed by atoms with Gasteiger partial charge in [0.05, 0.1) is 5.69 Å². The normalized spacial score (nSPS) is 20.2. The van der Waals surface area contributed by atoms with Crippen molar-refractivity contribution in [3.63, 3.8) is 0 Å². The van der Waals surface area contributed by atoms with Crippen LogP contribution in [0.2, 0.25) is 0 Å². The Labute approximate surface area is 87.0 Å². The van der Waals surface area contributed by atoms with Crippen molar-refractivity contribution in [2.45, 2.75) is 31.0 Å². The van der Waals surface area contributed by atoms with Gasteiger partial charge < -0.3 is 5.73 Å². The number of nitrogen functional groups attached to an aromatic ring is 1. The highest BCUT2D eigenvalue weighted by atomic mass is 32.2. The van der Waals surface area contributed by atoms with Crippen LogP contribution in [0, 0.1) is 6.92 Å². The Hall–Kier alpha value is -1.10. The van der Waals surface area contributed by atoms with Gasteiger partial charge in [-0.3, -0.25) is 4.99 Å². The molecule has 1 aromatic rings. The third-order valence-corrected chi connectivity index (χ3v) is 3.41. The summed E-state index contributed by atoms with van der Waals surface area (Å²) in [4.78, 5) is 12.8. The highest BCUT2D eigenvalue weighted by Gasteiger charge is 2.20.